The van der Waals surface area contributed by atoms with Gasteiger partial charge in [-0.3, -0.25) is 9.78 Å². The summed E-state index contributed by atoms with van der Waals surface area (Å²) < 4.78 is 5.86. The van der Waals surface area contributed by atoms with Crippen LogP contribution in [0.5, 0.6) is 5.75 Å². The molecule has 2 aromatic heterocycles. The number of carbonyl (C=O) groups is 1. The minimum atomic E-state index is -0.124. The molecule has 1 amide bonds. The number of amides is 1. The Morgan fingerprint density at radius 1 is 1.15 bits per heavy atom. The van der Waals surface area contributed by atoms with E-state index >= 15 is 0 Å². The van der Waals surface area contributed by atoms with Crippen molar-refractivity contribution in [1.82, 2.24) is 4.98 Å². The summed E-state index contributed by atoms with van der Waals surface area (Å²) in [6.07, 6.45) is 1.69. The van der Waals surface area contributed by atoms with Crippen LogP contribution in [0.15, 0.2) is 60.8 Å². The normalized spacial score (nSPS) is 12.2. The standard InChI is InChI=1S/C22H16N2O2S/c1-13-5-4-8-18-20(13)21-15(12-26-18)10-19(27-21)22(25)24-16-9-14-6-2-3-7-17(14)23-11-16/h2-11H,12H2,1H3,(H,24,25). The molecule has 1 aliphatic rings. The molecule has 0 fully saturated rings. The summed E-state index contributed by atoms with van der Waals surface area (Å²) in [5.41, 5.74) is 4.91. The summed E-state index contributed by atoms with van der Waals surface area (Å²) in [4.78, 5) is 19.0. The highest BCUT2D eigenvalue weighted by Gasteiger charge is 2.24. The Hall–Kier alpha value is -3.18. The van der Waals surface area contributed by atoms with E-state index in [2.05, 4.69) is 23.3 Å². The zero-order chi connectivity index (χ0) is 18.4. The zero-order valence-electron chi connectivity index (χ0n) is 14.7. The van der Waals surface area contributed by atoms with Crippen LogP contribution in [0.4, 0.5) is 5.69 Å². The number of ether oxygens (including phenoxy) is 1. The Balaban J connectivity index is 1.47. The molecule has 0 saturated carbocycles. The summed E-state index contributed by atoms with van der Waals surface area (Å²) in [6, 6.07) is 17.8. The predicted octanol–water partition coefficient (Wildman–Crippen LogP) is 5.42. The molecular formula is C22H16N2O2S. The van der Waals surface area contributed by atoms with Crippen LogP contribution in [0.2, 0.25) is 0 Å². The number of rotatable bonds is 2. The Labute approximate surface area is 160 Å². The lowest BCUT2D eigenvalue weighted by Crippen LogP contribution is -2.10. The van der Waals surface area contributed by atoms with Gasteiger partial charge in [0.15, 0.2) is 0 Å². The van der Waals surface area contributed by atoms with Gasteiger partial charge in [0, 0.05) is 21.4 Å². The fraction of sp³-hybridized carbons (Fsp3) is 0.0909. The lowest BCUT2D eigenvalue weighted by Gasteiger charge is -2.19. The van der Waals surface area contributed by atoms with Crippen molar-refractivity contribution in [1.29, 1.82) is 0 Å². The second-order valence-electron chi connectivity index (χ2n) is 6.57. The number of thiophene rings is 1. The summed E-state index contributed by atoms with van der Waals surface area (Å²) in [7, 11) is 0. The molecule has 0 atom stereocenters. The molecule has 5 heteroatoms. The molecule has 0 radical (unpaired) electrons. The van der Waals surface area contributed by atoms with Gasteiger partial charge in [-0.05, 0) is 36.8 Å². The van der Waals surface area contributed by atoms with Crippen LogP contribution in [0, 0.1) is 6.92 Å². The molecule has 5 rings (SSSR count). The van der Waals surface area contributed by atoms with Crippen molar-refractivity contribution in [2.45, 2.75) is 13.5 Å². The molecule has 1 aliphatic heterocycles. The van der Waals surface area contributed by atoms with Gasteiger partial charge in [-0.25, -0.2) is 0 Å². The fourth-order valence-corrected chi connectivity index (χ4v) is 4.58. The van der Waals surface area contributed by atoms with Gasteiger partial charge in [-0.1, -0.05) is 30.3 Å². The van der Waals surface area contributed by atoms with Gasteiger partial charge in [0.25, 0.3) is 5.91 Å². The number of hydrogen-bond acceptors (Lipinski definition) is 4. The molecule has 0 spiro atoms. The summed E-state index contributed by atoms with van der Waals surface area (Å²) in [5, 5.41) is 3.97. The van der Waals surface area contributed by atoms with Gasteiger partial charge in [0.2, 0.25) is 0 Å². The molecule has 4 aromatic rings. The number of nitrogens with one attached hydrogen (secondary N) is 1. The van der Waals surface area contributed by atoms with Crippen molar-refractivity contribution in [3.05, 3.63) is 76.8 Å². The van der Waals surface area contributed by atoms with Crippen molar-refractivity contribution >= 4 is 33.8 Å². The van der Waals surface area contributed by atoms with Gasteiger partial charge < -0.3 is 10.1 Å². The molecule has 27 heavy (non-hydrogen) atoms. The van der Waals surface area contributed by atoms with Crippen LogP contribution in [0.1, 0.15) is 20.8 Å². The SMILES string of the molecule is Cc1cccc2c1-c1sc(C(=O)Nc3cnc4ccccc4c3)cc1CO2. The number of nitrogens with zero attached hydrogens (tertiary/aromatic N) is 1. The molecular weight excluding hydrogens is 356 g/mol. The van der Waals surface area contributed by atoms with Crippen molar-refractivity contribution in [3.63, 3.8) is 0 Å². The van der Waals surface area contributed by atoms with Crippen molar-refractivity contribution < 1.29 is 9.53 Å². The number of aryl methyl sites for hydroxylation is 1. The Morgan fingerprint density at radius 3 is 2.96 bits per heavy atom. The van der Waals surface area contributed by atoms with E-state index in [1.54, 1.807) is 6.20 Å². The third-order valence-electron chi connectivity index (χ3n) is 4.73. The first kappa shape index (κ1) is 16.0. The van der Waals surface area contributed by atoms with E-state index in [0.29, 0.717) is 17.2 Å². The van der Waals surface area contributed by atoms with E-state index in [1.807, 2.05) is 48.5 Å². The Kier molecular flexibility index (Phi) is 3.69. The van der Waals surface area contributed by atoms with Gasteiger partial charge in [0.1, 0.15) is 12.4 Å². The van der Waals surface area contributed by atoms with Gasteiger partial charge in [-0.15, -0.1) is 11.3 Å². The first-order valence-electron chi connectivity index (χ1n) is 8.71. The van der Waals surface area contributed by atoms with Crippen LogP contribution in [-0.4, -0.2) is 10.9 Å². The third-order valence-corrected chi connectivity index (χ3v) is 5.92. The van der Waals surface area contributed by atoms with Crippen molar-refractivity contribution in [2.75, 3.05) is 5.32 Å². The van der Waals surface area contributed by atoms with E-state index in [0.717, 1.165) is 38.2 Å². The molecule has 0 saturated heterocycles. The molecule has 0 aliphatic carbocycles. The third kappa shape index (κ3) is 2.76. The number of pyridine rings is 1. The molecule has 1 N–H and O–H groups in total. The van der Waals surface area contributed by atoms with Gasteiger partial charge >= 0.3 is 0 Å². The number of anilines is 1. The van der Waals surface area contributed by atoms with Gasteiger partial charge in [-0.2, -0.15) is 0 Å². The molecule has 2 aromatic carbocycles. The minimum absolute atomic E-state index is 0.124. The highest BCUT2D eigenvalue weighted by molar-refractivity contribution is 7.17. The van der Waals surface area contributed by atoms with E-state index in [-0.39, 0.29) is 5.91 Å². The topological polar surface area (TPSA) is 51.2 Å². The van der Waals surface area contributed by atoms with Crippen LogP contribution < -0.4 is 10.1 Å². The molecule has 132 valence electrons. The van der Waals surface area contributed by atoms with E-state index in [1.165, 1.54) is 11.3 Å². The fourth-order valence-electron chi connectivity index (χ4n) is 3.40. The van der Waals surface area contributed by atoms with Crippen LogP contribution >= 0.6 is 11.3 Å². The highest BCUT2D eigenvalue weighted by Crippen LogP contribution is 2.44. The number of para-hydroxylation sites is 1. The average molecular weight is 372 g/mol. The summed E-state index contributed by atoms with van der Waals surface area (Å²) in [5.74, 6) is 0.761. The quantitative estimate of drug-likeness (QED) is 0.511. The Bertz CT molecular complexity index is 1200. The highest BCUT2D eigenvalue weighted by atomic mass is 32.1. The maximum absolute atomic E-state index is 12.8. The summed E-state index contributed by atoms with van der Waals surface area (Å²) >= 11 is 1.51. The Morgan fingerprint density at radius 2 is 2.04 bits per heavy atom. The van der Waals surface area contributed by atoms with E-state index in [4.69, 9.17) is 4.74 Å². The minimum Gasteiger partial charge on any atom is -0.488 e. The molecule has 4 nitrogen and oxygen atoms in total. The zero-order valence-corrected chi connectivity index (χ0v) is 15.5. The second-order valence-corrected chi connectivity index (χ2v) is 7.62. The van der Waals surface area contributed by atoms with E-state index < -0.39 is 0 Å². The lowest BCUT2D eigenvalue weighted by atomic mass is 10.0. The summed E-state index contributed by atoms with van der Waals surface area (Å²) in [6.45, 7) is 2.56. The predicted molar refractivity (Wildman–Crippen MR) is 109 cm³/mol. The van der Waals surface area contributed by atoms with Crippen LogP contribution in [-0.2, 0) is 6.61 Å². The largest absolute Gasteiger partial charge is 0.488 e. The molecule has 0 bridgehead atoms. The number of benzene rings is 2. The molecule has 0 unspecified atom stereocenters. The van der Waals surface area contributed by atoms with Crippen LogP contribution in [0.25, 0.3) is 21.3 Å². The number of carbonyl (C=O) groups excluding carboxylic acids is 1. The monoisotopic (exact) mass is 372 g/mol. The maximum atomic E-state index is 12.8. The van der Waals surface area contributed by atoms with Crippen LogP contribution in [0.3, 0.4) is 0 Å². The number of hydrogen-bond donors (Lipinski definition) is 1. The van der Waals surface area contributed by atoms with Crippen molar-refractivity contribution in [3.8, 4) is 16.2 Å². The smallest absolute Gasteiger partial charge is 0.265 e. The van der Waals surface area contributed by atoms with Crippen molar-refractivity contribution in [2.24, 2.45) is 0 Å². The maximum Gasteiger partial charge on any atom is 0.265 e. The first-order valence-corrected chi connectivity index (χ1v) is 9.52. The van der Waals surface area contributed by atoms with E-state index in [9.17, 15) is 4.79 Å². The number of aromatic nitrogens is 1. The second kappa shape index (κ2) is 6.21. The first-order chi connectivity index (χ1) is 13.2. The number of fused-ring (bicyclic) bond motifs is 4. The average Bonchev–Trinajstić information content (AvgIpc) is 3.12. The lowest BCUT2D eigenvalue weighted by molar-refractivity contribution is 0.103. The molecule has 3 heterocycles. The van der Waals surface area contributed by atoms with Gasteiger partial charge in [0.05, 0.1) is 22.3 Å².